The molecule has 4 nitrogen and oxygen atoms in total. The van der Waals surface area contributed by atoms with E-state index in [0.29, 0.717) is 19.3 Å². The molecule has 1 aliphatic rings. The van der Waals surface area contributed by atoms with E-state index in [2.05, 4.69) is 52.0 Å². The van der Waals surface area contributed by atoms with Gasteiger partial charge >= 0.3 is 0 Å². The number of imidazole rings is 1. The van der Waals surface area contributed by atoms with Gasteiger partial charge in [-0.1, -0.05) is 36.4 Å². The summed E-state index contributed by atoms with van der Waals surface area (Å²) in [4.78, 5) is 8.89. The minimum Gasteiger partial charge on any atom is -0.369 e. The van der Waals surface area contributed by atoms with Crippen LogP contribution in [-0.4, -0.2) is 14.5 Å². The lowest BCUT2D eigenvalue weighted by Gasteiger charge is -2.32. The van der Waals surface area contributed by atoms with Crippen molar-refractivity contribution in [3.8, 4) is 0 Å². The summed E-state index contributed by atoms with van der Waals surface area (Å²) in [6.45, 7) is 1.06. The zero-order chi connectivity index (χ0) is 17.3. The number of rotatable bonds is 5. The van der Waals surface area contributed by atoms with Crippen molar-refractivity contribution in [3.05, 3.63) is 95.6 Å². The van der Waals surface area contributed by atoms with Gasteiger partial charge in [0.1, 0.15) is 12.4 Å². The minimum absolute atomic E-state index is 0.345. The standard InChI is InChI=1S/C22H19N3O/c1-2-6-18-17(5-1)13-21(18)25-20-8-4-3-7-19(20)24-22(25)15-26-14-16-9-11-23-12-10-16/h1-12,21H,13-15H2. The molecule has 128 valence electrons. The number of nitrogens with zero attached hydrogens (tertiary/aromatic N) is 3. The predicted molar refractivity (Wildman–Crippen MR) is 101 cm³/mol. The first-order valence-corrected chi connectivity index (χ1v) is 8.90. The van der Waals surface area contributed by atoms with Crippen LogP contribution in [0.5, 0.6) is 0 Å². The van der Waals surface area contributed by atoms with Gasteiger partial charge in [0.2, 0.25) is 0 Å². The molecule has 2 heterocycles. The molecule has 0 spiro atoms. The highest BCUT2D eigenvalue weighted by Crippen LogP contribution is 2.39. The molecule has 0 radical (unpaired) electrons. The molecule has 0 amide bonds. The fourth-order valence-electron chi connectivity index (χ4n) is 3.75. The van der Waals surface area contributed by atoms with E-state index in [1.807, 2.05) is 18.2 Å². The maximum Gasteiger partial charge on any atom is 0.136 e. The van der Waals surface area contributed by atoms with Crippen LogP contribution in [0.25, 0.3) is 11.0 Å². The van der Waals surface area contributed by atoms with Crippen LogP contribution >= 0.6 is 0 Å². The van der Waals surface area contributed by atoms with E-state index in [-0.39, 0.29) is 0 Å². The Morgan fingerprint density at radius 2 is 1.73 bits per heavy atom. The second kappa shape index (κ2) is 6.39. The molecular weight excluding hydrogens is 322 g/mol. The van der Waals surface area contributed by atoms with Crippen molar-refractivity contribution in [2.45, 2.75) is 25.7 Å². The van der Waals surface area contributed by atoms with Gasteiger partial charge in [-0.2, -0.15) is 0 Å². The molecule has 1 atom stereocenters. The average Bonchev–Trinajstić information content (AvgIpc) is 3.02. The Kier molecular flexibility index (Phi) is 3.76. The summed E-state index contributed by atoms with van der Waals surface area (Å²) < 4.78 is 8.32. The van der Waals surface area contributed by atoms with Crippen molar-refractivity contribution in [2.24, 2.45) is 0 Å². The molecule has 0 aliphatic heterocycles. The van der Waals surface area contributed by atoms with Gasteiger partial charge in [-0.15, -0.1) is 0 Å². The zero-order valence-electron chi connectivity index (χ0n) is 14.4. The van der Waals surface area contributed by atoms with Crippen LogP contribution in [0.1, 0.15) is 28.6 Å². The van der Waals surface area contributed by atoms with Gasteiger partial charge in [-0.3, -0.25) is 4.98 Å². The van der Waals surface area contributed by atoms with Crippen molar-refractivity contribution in [1.29, 1.82) is 0 Å². The smallest absolute Gasteiger partial charge is 0.136 e. The van der Waals surface area contributed by atoms with E-state index in [1.165, 1.54) is 16.6 Å². The molecular formula is C22H19N3O. The molecule has 0 bridgehead atoms. The number of fused-ring (bicyclic) bond motifs is 2. The van der Waals surface area contributed by atoms with Crippen molar-refractivity contribution in [2.75, 3.05) is 0 Å². The summed E-state index contributed by atoms with van der Waals surface area (Å²) in [5.41, 5.74) is 6.15. The molecule has 0 fully saturated rings. The van der Waals surface area contributed by atoms with E-state index in [0.717, 1.165) is 23.3 Å². The molecule has 2 aromatic carbocycles. The van der Waals surface area contributed by atoms with Crippen LogP contribution < -0.4 is 0 Å². The maximum atomic E-state index is 5.97. The first-order valence-electron chi connectivity index (χ1n) is 8.90. The van der Waals surface area contributed by atoms with Gasteiger partial charge in [0, 0.05) is 12.4 Å². The number of para-hydroxylation sites is 2. The average molecular weight is 341 g/mol. The third-order valence-electron chi connectivity index (χ3n) is 5.06. The van der Waals surface area contributed by atoms with Gasteiger partial charge in [0.25, 0.3) is 0 Å². The second-order valence-corrected chi connectivity index (χ2v) is 6.65. The number of pyridine rings is 1. The lowest BCUT2D eigenvalue weighted by Crippen LogP contribution is -2.25. The summed E-state index contributed by atoms with van der Waals surface area (Å²) in [5.74, 6) is 0.986. The van der Waals surface area contributed by atoms with E-state index in [1.54, 1.807) is 12.4 Å². The van der Waals surface area contributed by atoms with Crippen molar-refractivity contribution in [3.63, 3.8) is 0 Å². The summed E-state index contributed by atoms with van der Waals surface area (Å²) in [5, 5.41) is 0. The van der Waals surface area contributed by atoms with E-state index in [4.69, 9.17) is 9.72 Å². The molecule has 1 aliphatic carbocycles. The molecule has 0 N–H and O–H groups in total. The lowest BCUT2D eigenvalue weighted by molar-refractivity contribution is 0.0986. The van der Waals surface area contributed by atoms with Crippen LogP contribution in [0, 0.1) is 0 Å². The number of ether oxygens (including phenoxy) is 1. The zero-order valence-corrected chi connectivity index (χ0v) is 14.4. The van der Waals surface area contributed by atoms with E-state index < -0.39 is 0 Å². The number of benzene rings is 2. The van der Waals surface area contributed by atoms with Crippen LogP contribution in [0.4, 0.5) is 0 Å². The van der Waals surface area contributed by atoms with Crippen molar-refractivity contribution >= 4 is 11.0 Å². The Balaban J connectivity index is 1.46. The quantitative estimate of drug-likeness (QED) is 0.543. The van der Waals surface area contributed by atoms with Gasteiger partial charge in [0.05, 0.1) is 23.7 Å². The Morgan fingerprint density at radius 3 is 2.62 bits per heavy atom. The van der Waals surface area contributed by atoms with Crippen LogP contribution in [-0.2, 0) is 24.4 Å². The van der Waals surface area contributed by atoms with Crippen LogP contribution in [0.15, 0.2) is 73.1 Å². The molecule has 4 heteroatoms. The monoisotopic (exact) mass is 341 g/mol. The number of hydrogen-bond donors (Lipinski definition) is 0. The number of hydrogen-bond acceptors (Lipinski definition) is 3. The molecule has 4 aromatic rings. The maximum absolute atomic E-state index is 5.97. The number of aromatic nitrogens is 3. The van der Waals surface area contributed by atoms with Crippen LogP contribution in [0.3, 0.4) is 0 Å². The molecule has 0 saturated carbocycles. The predicted octanol–water partition coefficient (Wildman–Crippen LogP) is 4.29. The highest BCUT2D eigenvalue weighted by Gasteiger charge is 2.30. The Bertz CT molecular complexity index is 1060. The molecule has 26 heavy (non-hydrogen) atoms. The molecule has 0 saturated heterocycles. The molecule has 1 unspecified atom stereocenters. The fraction of sp³-hybridized carbons (Fsp3) is 0.182. The van der Waals surface area contributed by atoms with E-state index in [9.17, 15) is 0 Å². The highest BCUT2D eigenvalue weighted by molar-refractivity contribution is 5.76. The van der Waals surface area contributed by atoms with Crippen molar-refractivity contribution in [1.82, 2.24) is 14.5 Å². The topological polar surface area (TPSA) is 39.9 Å². The summed E-state index contributed by atoms with van der Waals surface area (Å²) >= 11 is 0. The molecule has 5 rings (SSSR count). The van der Waals surface area contributed by atoms with Crippen molar-refractivity contribution < 1.29 is 4.74 Å². The first kappa shape index (κ1) is 15.3. The molecule has 2 aromatic heterocycles. The second-order valence-electron chi connectivity index (χ2n) is 6.65. The Morgan fingerprint density at radius 1 is 0.923 bits per heavy atom. The summed E-state index contributed by atoms with van der Waals surface area (Å²) in [7, 11) is 0. The van der Waals surface area contributed by atoms with E-state index >= 15 is 0 Å². The Labute approximate surface area is 152 Å². The Hall–Kier alpha value is -2.98. The summed E-state index contributed by atoms with van der Waals surface area (Å²) in [6, 6.07) is 21.3. The third-order valence-corrected chi connectivity index (χ3v) is 5.06. The SMILES string of the molecule is c1ccc2c(c1)CC2n1c(COCc2ccncc2)nc2ccccc21. The van der Waals surface area contributed by atoms with Crippen LogP contribution in [0.2, 0.25) is 0 Å². The minimum atomic E-state index is 0.345. The first-order chi connectivity index (χ1) is 12.9. The summed E-state index contributed by atoms with van der Waals surface area (Å²) in [6.07, 6.45) is 4.63. The fourth-order valence-corrected chi connectivity index (χ4v) is 3.75. The van der Waals surface area contributed by atoms with Gasteiger partial charge in [-0.05, 0) is 47.4 Å². The van der Waals surface area contributed by atoms with Gasteiger partial charge in [0.15, 0.2) is 0 Å². The lowest BCUT2D eigenvalue weighted by atomic mass is 9.83. The normalized spacial score (nSPS) is 15.6. The van der Waals surface area contributed by atoms with Gasteiger partial charge in [-0.25, -0.2) is 4.98 Å². The highest BCUT2D eigenvalue weighted by atomic mass is 16.5. The van der Waals surface area contributed by atoms with Gasteiger partial charge < -0.3 is 9.30 Å². The third kappa shape index (κ3) is 2.59. The largest absolute Gasteiger partial charge is 0.369 e.